The van der Waals surface area contributed by atoms with Gasteiger partial charge >= 0.3 is 0 Å². The van der Waals surface area contributed by atoms with Crippen LogP contribution in [0.5, 0.6) is 5.75 Å². The van der Waals surface area contributed by atoms with E-state index in [2.05, 4.69) is 91.0 Å². The van der Waals surface area contributed by atoms with Crippen molar-refractivity contribution in [2.75, 3.05) is 12.4 Å². The maximum Gasteiger partial charge on any atom is 0.196 e. The Morgan fingerprint density at radius 1 is 0.844 bits per heavy atom. The van der Waals surface area contributed by atoms with Crippen LogP contribution in [0.2, 0.25) is 0 Å². The minimum Gasteiger partial charge on any atom is -0.493 e. The normalized spacial score (nSPS) is 11.5. The number of thioether (sulfide) groups is 1. The van der Waals surface area contributed by atoms with Crippen LogP contribution in [0, 0.1) is 6.92 Å². The Kier molecular flexibility index (Phi) is 6.66. The maximum atomic E-state index is 5.86. The van der Waals surface area contributed by atoms with E-state index in [1.807, 2.05) is 30.3 Å². The molecular formula is C27H29N3OS. The summed E-state index contributed by atoms with van der Waals surface area (Å²) >= 11 is 1.66. The van der Waals surface area contributed by atoms with Crippen LogP contribution in [-0.4, -0.2) is 27.1 Å². The zero-order chi connectivity index (χ0) is 22.6. The second-order valence-electron chi connectivity index (χ2n) is 8.77. The fourth-order valence-corrected chi connectivity index (χ4v) is 4.27. The topological polar surface area (TPSA) is 39.9 Å². The molecule has 4 nitrogen and oxygen atoms in total. The fraction of sp³-hybridized carbons (Fsp3) is 0.259. The van der Waals surface area contributed by atoms with E-state index >= 15 is 0 Å². The molecule has 0 amide bonds. The molecule has 32 heavy (non-hydrogen) atoms. The van der Waals surface area contributed by atoms with E-state index in [-0.39, 0.29) is 5.41 Å². The first-order chi connectivity index (χ1) is 15.4. The molecule has 0 atom stereocenters. The highest BCUT2D eigenvalue weighted by Gasteiger charge is 2.19. The van der Waals surface area contributed by atoms with Crippen LogP contribution < -0.4 is 4.74 Å². The molecule has 0 aliphatic heterocycles. The molecule has 1 aromatic heterocycles. The van der Waals surface area contributed by atoms with Crippen molar-refractivity contribution in [1.82, 2.24) is 14.8 Å². The monoisotopic (exact) mass is 443 g/mol. The van der Waals surface area contributed by atoms with Crippen LogP contribution in [0.15, 0.2) is 84.0 Å². The third-order valence-corrected chi connectivity index (χ3v) is 6.22. The minimum absolute atomic E-state index is 0.113. The summed E-state index contributed by atoms with van der Waals surface area (Å²) < 4.78 is 8.02. The minimum atomic E-state index is 0.113. The Labute approximate surface area is 194 Å². The fourth-order valence-electron chi connectivity index (χ4n) is 3.51. The molecule has 3 aromatic carbocycles. The Morgan fingerprint density at radius 2 is 1.53 bits per heavy atom. The second-order valence-corrected chi connectivity index (χ2v) is 9.83. The van der Waals surface area contributed by atoms with Crippen molar-refractivity contribution in [3.63, 3.8) is 0 Å². The number of benzene rings is 3. The predicted molar refractivity (Wildman–Crippen MR) is 133 cm³/mol. The third kappa shape index (κ3) is 5.05. The van der Waals surface area contributed by atoms with Gasteiger partial charge in [-0.25, -0.2) is 0 Å². The zero-order valence-electron chi connectivity index (χ0n) is 19.1. The lowest BCUT2D eigenvalue weighted by Gasteiger charge is -2.19. The van der Waals surface area contributed by atoms with Crippen molar-refractivity contribution in [1.29, 1.82) is 0 Å². The molecule has 4 rings (SSSR count). The van der Waals surface area contributed by atoms with Crippen molar-refractivity contribution in [2.24, 2.45) is 0 Å². The van der Waals surface area contributed by atoms with Gasteiger partial charge in [-0.2, -0.15) is 0 Å². The molecule has 164 valence electrons. The molecular weight excluding hydrogens is 414 g/mol. The summed E-state index contributed by atoms with van der Waals surface area (Å²) in [5.74, 6) is 2.52. The highest BCUT2D eigenvalue weighted by molar-refractivity contribution is 7.99. The summed E-state index contributed by atoms with van der Waals surface area (Å²) in [5.41, 5.74) is 4.75. The van der Waals surface area contributed by atoms with E-state index < -0.39 is 0 Å². The maximum absolute atomic E-state index is 5.86. The highest BCUT2D eigenvalue weighted by Crippen LogP contribution is 2.31. The summed E-state index contributed by atoms with van der Waals surface area (Å²) in [7, 11) is 0. The van der Waals surface area contributed by atoms with Crippen molar-refractivity contribution in [3.05, 3.63) is 90.0 Å². The van der Waals surface area contributed by atoms with E-state index in [1.165, 1.54) is 11.1 Å². The molecule has 1 heterocycles. The first-order valence-corrected chi connectivity index (χ1v) is 11.8. The van der Waals surface area contributed by atoms with Gasteiger partial charge in [0.1, 0.15) is 5.75 Å². The molecule has 0 fully saturated rings. The molecule has 0 unspecified atom stereocenters. The lowest BCUT2D eigenvalue weighted by atomic mass is 9.87. The number of ether oxygens (including phenoxy) is 1. The van der Waals surface area contributed by atoms with Crippen LogP contribution in [0.25, 0.3) is 17.1 Å². The molecule has 0 saturated carbocycles. The van der Waals surface area contributed by atoms with Crippen LogP contribution in [0.4, 0.5) is 0 Å². The Balaban J connectivity index is 1.61. The van der Waals surface area contributed by atoms with Crippen molar-refractivity contribution in [3.8, 4) is 22.8 Å². The van der Waals surface area contributed by atoms with Gasteiger partial charge in [0.05, 0.1) is 12.3 Å². The molecule has 4 aromatic rings. The van der Waals surface area contributed by atoms with E-state index in [4.69, 9.17) is 4.74 Å². The van der Waals surface area contributed by atoms with Gasteiger partial charge in [-0.1, -0.05) is 93.2 Å². The van der Waals surface area contributed by atoms with Gasteiger partial charge in [0, 0.05) is 11.3 Å². The van der Waals surface area contributed by atoms with Crippen LogP contribution in [-0.2, 0) is 5.41 Å². The lowest BCUT2D eigenvalue weighted by molar-refractivity contribution is 0.344. The average Bonchev–Trinajstić information content (AvgIpc) is 3.21. The molecule has 0 spiro atoms. The van der Waals surface area contributed by atoms with Gasteiger partial charge in [0.15, 0.2) is 11.0 Å². The standard InChI is InChI=1S/C27H29N3OS/c1-20-10-8-9-13-24(20)30-25(21-14-16-22(17-15-21)27(2,3)4)28-29-26(30)32-19-18-31-23-11-6-5-7-12-23/h5-17H,18-19H2,1-4H3. The van der Waals surface area contributed by atoms with Gasteiger partial charge in [0.2, 0.25) is 0 Å². The molecule has 0 radical (unpaired) electrons. The quantitative estimate of drug-likeness (QED) is 0.235. The van der Waals surface area contributed by atoms with Crippen LogP contribution in [0.3, 0.4) is 0 Å². The first-order valence-electron chi connectivity index (χ1n) is 10.9. The first kappa shape index (κ1) is 22.2. The molecule has 0 aliphatic rings. The average molecular weight is 444 g/mol. The lowest BCUT2D eigenvalue weighted by Crippen LogP contribution is -2.10. The summed E-state index contributed by atoms with van der Waals surface area (Å²) in [6, 6.07) is 26.9. The molecule has 0 bridgehead atoms. The Morgan fingerprint density at radius 3 is 2.22 bits per heavy atom. The molecule has 5 heteroatoms. The van der Waals surface area contributed by atoms with Crippen molar-refractivity contribution < 1.29 is 4.74 Å². The van der Waals surface area contributed by atoms with Gasteiger partial charge in [0.25, 0.3) is 0 Å². The molecule has 0 saturated heterocycles. The number of hydrogen-bond acceptors (Lipinski definition) is 4. The van der Waals surface area contributed by atoms with Gasteiger partial charge < -0.3 is 4.74 Å². The van der Waals surface area contributed by atoms with E-state index in [1.54, 1.807) is 11.8 Å². The Hall–Kier alpha value is -3.05. The number of nitrogens with zero attached hydrogens (tertiary/aromatic N) is 3. The van der Waals surface area contributed by atoms with Crippen LogP contribution in [0.1, 0.15) is 31.9 Å². The van der Waals surface area contributed by atoms with Gasteiger partial charge in [-0.05, 0) is 41.7 Å². The number of rotatable bonds is 7. The summed E-state index contributed by atoms with van der Waals surface area (Å²) in [4.78, 5) is 0. The summed E-state index contributed by atoms with van der Waals surface area (Å²) in [6.07, 6.45) is 0. The number of aryl methyl sites for hydroxylation is 1. The highest BCUT2D eigenvalue weighted by atomic mass is 32.2. The van der Waals surface area contributed by atoms with E-state index in [0.29, 0.717) is 6.61 Å². The SMILES string of the molecule is Cc1ccccc1-n1c(SCCOc2ccccc2)nnc1-c1ccc(C(C)(C)C)cc1. The zero-order valence-corrected chi connectivity index (χ0v) is 19.9. The van der Waals surface area contributed by atoms with Gasteiger partial charge in [-0.15, -0.1) is 10.2 Å². The van der Waals surface area contributed by atoms with Gasteiger partial charge in [-0.3, -0.25) is 4.57 Å². The molecule has 0 N–H and O–H groups in total. The van der Waals surface area contributed by atoms with Crippen molar-refractivity contribution in [2.45, 2.75) is 38.3 Å². The smallest absolute Gasteiger partial charge is 0.196 e. The summed E-state index contributed by atoms with van der Waals surface area (Å²) in [5, 5.41) is 10.00. The number of hydrogen-bond donors (Lipinski definition) is 0. The largest absolute Gasteiger partial charge is 0.493 e. The van der Waals surface area contributed by atoms with Crippen molar-refractivity contribution >= 4 is 11.8 Å². The van der Waals surface area contributed by atoms with E-state index in [9.17, 15) is 0 Å². The Bertz CT molecular complexity index is 1160. The molecule has 0 aliphatic carbocycles. The van der Waals surface area contributed by atoms with E-state index in [0.717, 1.165) is 33.7 Å². The summed E-state index contributed by atoms with van der Waals surface area (Å²) in [6.45, 7) is 9.40. The second kappa shape index (κ2) is 9.61. The predicted octanol–water partition coefficient (Wildman–Crippen LogP) is 6.71. The number of para-hydroxylation sites is 2. The number of aromatic nitrogens is 3. The third-order valence-electron chi connectivity index (χ3n) is 5.33. The van der Waals surface area contributed by atoms with Crippen LogP contribution >= 0.6 is 11.8 Å².